The lowest BCUT2D eigenvalue weighted by atomic mass is 10.1. The quantitative estimate of drug-likeness (QED) is 0.580. The molecule has 5 nitrogen and oxygen atoms in total. The average Bonchev–Trinajstić information content (AvgIpc) is 3.20. The second-order valence-electron chi connectivity index (χ2n) is 7.14. The first-order valence-corrected chi connectivity index (χ1v) is 9.74. The molecule has 0 atom stereocenters. The first-order chi connectivity index (χ1) is 13.6. The van der Waals surface area contributed by atoms with E-state index in [4.69, 9.17) is 0 Å². The van der Waals surface area contributed by atoms with Crippen LogP contribution in [0, 0.1) is 0 Å². The molecule has 0 spiro atoms. The molecule has 1 N–H and O–H groups in total. The van der Waals surface area contributed by atoms with E-state index in [-0.39, 0.29) is 5.91 Å². The number of anilines is 1. The van der Waals surface area contributed by atoms with Crippen LogP contribution in [0.3, 0.4) is 0 Å². The summed E-state index contributed by atoms with van der Waals surface area (Å²) in [4.78, 5) is 14.2. The van der Waals surface area contributed by atoms with Crippen LogP contribution in [0.4, 0.5) is 5.69 Å². The molecule has 3 rings (SSSR count). The predicted molar refractivity (Wildman–Crippen MR) is 114 cm³/mol. The highest BCUT2D eigenvalue weighted by molar-refractivity contribution is 5.76. The molecule has 1 aromatic heterocycles. The van der Waals surface area contributed by atoms with Crippen LogP contribution >= 0.6 is 0 Å². The Bertz CT molecular complexity index is 869. The zero-order valence-corrected chi connectivity index (χ0v) is 16.6. The van der Waals surface area contributed by atoms with Crippen molar-refractivity contribution in [3.63, 3.8) is 0 Å². The molecule has 1 amide bonds. The predicted octanol–water partition coefficient (Wildman–Crippen LogP) is 3.62. The van der Waals surface area contributed by atoms with Crippen LogP contribution in [0.15, 0.2) is 67.0 Å². The Kier molecular flexibility index (Phi) is 6.84. The lowest BCUT2D eigenvalue weighted by molar-refractivity contribution is -0.121. The van der Waals surface area contributed by atoms with Gasteiger partial charge in [-0.05, 0) is 54.7 Å². The molecule has 1 heterocycles. The molecule has 0 aliphatic carbocycles. The van der Waals surface area contributed by atoms with E-state index in [0.29, 0.717) is 19.4 Å². The molecule has 0 fully saturated rings. The molecule has 5 heteroatoms. The van der Waals surface area contributed by atoms with Crippen molar-refractivity contribution >= 4 is 11.6 Å². The average molecular weight is 377 g/mol. The Balaban J connectivity index is 1.35. The number of nitrogens with one attached hydrogen (secondary N) is 1. The standard InChI is InChI=1S/C23H28N4O/c1-26(2)21-13-10-19(11-14-21)7-6-16-24-23(28)15-12-20-17-25-27(18-20)22-8-4-3-5-9-22/h3-5,8-11,13-14,17-18H,6-7,12,15-16H2,1-2H3,(H,24,28). The maximum absolute atomic E-state index is 12.1. The largest absolute Gasteiger partial charge is 0.378 e. The first-order valence-electron chi connectivity index (χ1n) is 9.74. The van der Waals surface area contributed by atoms with Gasteiger partial charge in [0.05, 0.1) is 11.9 Å². The number of carbonyl (C=O) groups is 1. The van der Waals surface area contributed by atoms with Crippen LogP contribution in [0.1, 0.15) is 24.0 Å². The van der Waals surface area contributed by atoms with Crippen molar-refractivity contribution in [2.45, 2.75) is 25.7 Å². The maximum atomic E-state index is 12.1. The highest BCUT2D eigenvalue weighted by Gasteiger charge is 2.05. The third kappa shape index (κ3) is 5.71. The van der Waals surface area contributed by atoms with Crippen LogP contribution in [0.25, 0.3) is 5.69 Å². The molecule has 3 aromatic rings. The Hall–Kier alpha value is -3.08. The second kappa shape index (κ2) is 9.74. The lowest BCUT2D eigenvalue weighted by Gasteiger charge is -2.12. The minimum Gasteiger partial charge on any atom is -0.378 e. The summed E-state index contributed by atoms with van der Waals surface area (Å²) >= 11 is 0. The van der Waals surface area contributed by atoms with Crippen molar-refractivity contribution in [1.29, 1.82) is 0 Å². The summed E-state index contributed by atoms with van der Waals surface area (Å²) in [5, 5.41) is 7.39. The van der Waals surface area contributed by atoms with Gasteiger partial charge in [-0.2, -0.15) is 5.10 Å². The number of carbonyl (C=O) groups excluding carboxylic acids is 1. The summed E-state index contributed by atoms with van der Waals surface area (Å²) in [7, 11) is 4.08. The van der Waals surface area contributed by atoms with Gasteiger partial charge in [0, 0.05) is 38.9 Å². The van der Waals surface area contributed by atoms with Gasteiger partial charge < -0.3 is 10.2 Å². The van der Waals surface area contributed by atoms with Crippen LogP contribution in [0.2, 0.25) is 0 Å². The summed E-state index contributed by atoms with van der Waals surface area (Å²) in [5.74, 6) is 0.0930. The summed E-state index contributed by atoms with van der Waals surface area (Å²) in [6.07, 6.45) is 6.91. The second-order valence-corrected chi connectivity index (χ2v) is 7.14. The van der Waals surface area contributed by atoms with E-state index in [0.717, 1.165) is 24.1 Å². The molecular weight excluding hydrogens is 348 g/mol. The highest BCUT2D eigenvalue weighted by atomic mass is 16.1. The number of hydrogen-bond acceptors (Lipinski definition) is 3. The molecule has 0 bridgehead atoms. The van der Waals surface area contributed by atoms with Crippen LogP contribution < -0.4 is 10.2 Å². The molecular formula is C23H28N4O. The van der Waals surface area contributed by atoms with E-state index < -0.39 is 0 Å². The van der Waals surface area contributed by atoms with Crippen molar-refractivity contribution in [2.75, 3.05) is 25.5 Å². The zero-order valence-electron chi connectivity index (χ0n) is 16.6. The van der Waals surface area contributed by atoms with Crippen molar-refractivity contribution in [3.8, 4) is 5.69 Å². The Morgan fingerprint density at radius 1 is 1.00 bits per heavy atom. The summed E-state index contributed by atoms with van der Waals surface area (Å²) in [6, 6.07) is 18.5. The van der Waals surface area contributed by atoms with Gasteiger partial charge >= 0.3 is 0 Å². The Morgan fingerprint density at radius 3 is 2.46 bits per heavy atom. The first kappa shape index (κ1) is 19.7. The molecule has 0 saturated carbocycles. The smallest absolute Gasteiger partial charge is 0.220 e. The highest BCUT2D eigenvalue weighted by Crippen LogP contribution is 2.13. The van der Waals surface area contributed by atoms with Gasteiger partial charge in [-0.15, -0.1) is 0 Å². The summed E-state index contributed by atoms with van der Waals surface area (Å²) in [5.41, 5.74) is 4.60. The monoisotopic (exact) mass is 376 g/mol. The fraction of sp³-hybridized carbons (Fsp3) is 0.304. The van der Waals surface area contributed by atoms with Gasteiger partial charge in [-0.3, -0.25) is 4.79 Å². The Morgan fingerprint density at radius 2 is 1.75 bits per heavy atom. The Labute approximate surface area is 167 Å². The van der Waals surface area contributed by atoms with Gasteiger partial charge in [0.2, 0.25) is 5.91 Å². The van der Waals surface area contributed by atoms with E-state index in [9.17, 15) is 4.79 Å². The summed E-state index contributed by atoms with van der Waals surface area (Å²) in [6.45, 7) is 0.706. The zero-order chi connectivity index (χ0) is 19.8. The van der Waals surface area contributed by atoms with Crippen LogP contribution in [-0.2, 0) is 17.6 Å². The number of benzene rings is 2. The molecule has 0 aliphatic rings. The molecule has 0 saturated heterocycles. The van der Waals surface area contributed by atoms with E-state index in [1.54, 1.807) is 0 Å². The van der Waals surface area contributed by atoms with E-state index in [1.807, 2.05) is 61.5 Å². The SMILES string of the molecule is CN(C)c1ccc(CCCNC(=O)CCc2cnn(-c3ccccc3)c2)cc1. The minimum atomic E-state index is 0.0930. The van der Waals surface area contributed by atoms with Crippen molar-refractivity contribution in [2.24, 2.45) is 0 Å². The molecule has 146 valence electrons. The van der Waals surface area contributed by atoms with E-state index in [2.05, 4.69) is 39.6 Å². The number of aromatic nitrogens is 2. The van der Waals surface area contributed by atoms with Crippen molar-refractivity contribution in [1.82, 2.24) is 15.1 Å². The number of para-hydroxylation sites is 1. The number of rotatable bonds is 9. The fourth-order valence-corrected chi connectivity index (χ4v) is 3.04. The number of nitrogens with zero attached hydrogens (tertiary/aromatic N) is 3. The van der Waals surface area contributed by atoms with Gasteiger partial charge in [-0.25, -0.2) is 4.68 Å². The van der Waals surface area contributed by atoms with Gasteiger partial charge in [0.15, 0.2) is 0 Å². The fourth-order valence-electron chi connectivity index (χ4n) is 3.04. The van der Waals surface area contributed by atoms with Gasteiger partial charge in [0.1, 0.15) is 0 Å². The molecule has 28 heavy (non-hydrogen) atoms. The molecule has 2 aromatic carbocycles. The number of amides is 1. The summed E-state index contributed by atoms with van der Waals surface area (Å²) < 4.78 is 1.84. The number of hydrogen-bond donors (Lipinski definition) is 1. The van der Waals surface area contributed by atoms with Crippen LogP contribution in [0.5, 0.6) is 0 Å². The van der Waals surface area contributed by atoms with Gasteiger partial charge in [0.25, 0.3) is 0 Å². The number of aryl methyl sites for hydroxylation is 2. The molecule has 0 aliphatic heterocycles. The molecule has 0 unspecified atom stereocenters. The third-order valence-corrected chi connectivity index (χ3v) is 4.71. The van der Waals surface area contributed by atoms with Crippen molar-refractivity contribution < 1.29 is 4.79 Å². The van der Waals surface area contributed by atoms with E-state index in [1.165, 1.54) is 11.3 Å². The normalized spacial score (nSPS) is 10.6. The molecule has 0 radical (unpaired) electrons. The third-order valence-electron chi connectivity index (χ3n) is 4.71. The van der Waals surface area contributed by atoms with Crippen molar-refractivity contribution in [3.05, 3.63) is 78.1 Å². The van der Waals surface area contributed by atoms with Gasteiger partial charge in [-0.1, -0.05) is 30.3 Å². The maximum Gasteiger partial charge on any atom is 0.220 e. The van der Waals surface area contributed by atoms with E-state index >= 15 is 0 Å². The lowest BCUT2D eigenvalue weighted by Crippen LogP contribution is -2.24. The topological polar surface area (TPSA) is 50.2 Å². The minimum absolute atomic E-state index is 0.0930. The van der Waals surface area contributed by atoms with Crippen LogP contribution in [-0.4, -0.2) is 36.3 Å².